The van der Waals surface area contributed by atoms with Gasteiger partial charge in [-0.2, -0.15) is 0 Å². The third-order valence-electron chi connectivity index (χ3n) is 6.12. The molecule has 5 unspecified atom stereocenters. The van der Waals surface area contributed by atoms with Crippen molar-refractivity contribution >= 4 is 50.6 Å². The third kappa shape index (κ3) is 8.46. The van der Waals surface area contributed by atoms with Crippen LogP contribution >= 0.6 is 10.7 Å². The lowest BCUT2D eigenvalue weighted by atomic mass is 9.98. The van der Waals surface area contributed by atoms with E-state index in [0.29, 0.717) is 11.1 Å². The van der Waals surface area contributed by atoms with E-state index in [1.54, 1.807) is 51.1 Å². The molecule has 13 nitrogen and oxygen atoms in total. The molecule has 0 saturated carbocycles. The van der Waals surface area contributed by atoms with Crippen molar-refractivity contribution in [1.82, 2.24) is 15.5 Å². The van der Waals surface area contributed by atoms with Crippen molar-refractivity contribution in [3.8, 4) is 0 Å². The number of amides is 3. The second kappa shape index (κ2) is 13.9. The van der Waals surface area contributed by atoms with Crippen LogP contribution in [0.5, 0.6) is 0 Å². The maximum absolute atomic E-state index is 13.4. The lowest BCUT2D eigenvalue weighted by Crippen LogP contribution is -2.76. The van der Waals surface area contributed by atoms with E-state index in [4.69, 9.17) is 20.2 Å². The maximum Gasteiger partial charge on any atom is 0.408 e. The van der Waals surface area contributed by atoms with Gasteiger partial charge in [0.05, 0.1) is 15.3 Å². The number of nitrogens with zero attached hydrogens (tertiary/aromatic N) is 2. The molecule has 3 amide bonds. The van der Waals surface area contributed by atoms with Gasteiger partial charge in [0.25, 0.3) is 11.6 Å². The molecule has 1 aliphatic rings. The van der Waals surface area contributed by atoms with Crippen LogP contribution < -0.4 is 10.6 Å². The molecule has 0 bridgehead atoms. The van der Waals surface area contributed by atoms with Gasteiger partial charge in [-0.3, -0.25) is 24.6 Å². The monoisotopic (exact) mass is 634 g/mol. The van der Waals surface area contributed by atoms with Gasteiger partial charge >= 0.3 is 12.1 Å². The number of likely N-dealkylation sites (tertiary alicyclic amines) is 1. The number of hydrogen-bond acceptors (Lipinski definition) is 9. The van der Waals surface area contributed by atoms with Gasteiger partial charge < -0.3 is 24.7 Å². The number of benzene rings is 2. The number of nitro groups is 1. The second-order valence-electron chi connectivity index (χ2n) is 10.6. The predicted molar refractivity (Wildman–Crippen MR) is 157 cm³/mol. The molecule has 5 atom stereocenters. The molecule has 1 saturated heterocycles. The fraction of sp³-hybridized carbons (Fsp3) is 0.357. The van der Waals surface area contributed by atoms with Crippen molar-refractivity contribution in [2.24, 2.45) is 0 Å². The highest BCUT2D eigenvalue weighted by atomic mass is 35.7. The number of rotatable bonds is 11. The molecule has 0 radical (unpaired) electrons. The maximum atomic E-state index is 13.4. The first-order valence-corrected chi connectivity index (χ1v) is 14.9. The van der Waals surface area contributed by atoms with E-state index in [1.807, 2.05) is 0 Å². The molecule has 2 aromatic carbocycles. The van der Waals surface area contributed by atoms with Crippen LogP contribution in [-0.4, -0.2) is 61.3 Å². The molecule has 2 aromatic rings. The SMILES string of the molecule is C=C(C)C(C(=O)OCc1ccc([N+](=O)[O-])cc1)N1C(=O)C(NC(=O)C(NC(=O)OC(C)(C)C)c2ccccc2)C1[S+]([O-])Cl. The zero-order valence-electron chi connectivity index (χ0n) is 23.8. The van der Waals surface area contributed by atoms with E-state index in [2.05, 4.69) is 17.2 Å². The normalized spacial score (nSPS) is 18.4. The highest BCUT2D eigenvalue weighted by molar-refractivity contribution is 8.14. The van der Waals surface area contributed by atoms with E-state index in [-0.39, 0.29) is 17.9 Å². The molecule has 2 N–H and O–H groups in total. The van der Waals surface area contributed by atoms with Crippen molar-refractivity contribution in [3.05, 3.63) is 88.0 Å². The Balaban J connectivity index is 1.77. The smallest absolute Gasteiger partial charge is 0.408 e. The number of hydrogen-bond donors (Lipinski definition) is 2. The minimum Gasteiger partial charge on any atom is -0.597 e. The number of ether oxygens (including phenoxy) is 2. The quantitative estimate of drug-likeness (QED) is 0.0935. The summed E-state index contributed by atoms with van der Waals surface area (Å²) < 4.78 is 23.2. The van der Waals surface area contributed by atoms with Crippen LogP contribution in [0, 0.1) is 10.1 Å². The Morgan fingerprint density at radius 1 is 1.14 bits per heavy atom. The Morgan fingerprint density at radius 2 is 1.74 bits per heavy atom. The van der Waals surface area contributed by atoms with Crippen molar-refractivity contribution in [1.29, 1.82) is 0 Å². The molecule has 15 heteroatoms. The Morgan fingerprint density at radius 3 is 2.26 bits per heavy atom. The van der Waals surface area contributed by atoms with E-state index in [9.17, 15) is 33.8 Å². The summed E-state index contributed by atoms with van der Waals surface area (Å²) in [5, 5.41) is 14.5. The summed E-state index contributed by atoms with van der Waals surface area (Å²) in [6.45, 7) is 9.90. The Hall–Kier alpha value is -4.14. The van der Waals surface area contributed by atoms with E-state index in [0.717, 1.165) is 4.90 Å². The average molecular weight is 635 g/mol. The molecule has 0 aliphatic carbocycles. The van der Waals surface area contributed by atoms with Crippen LogP contribution in [0.3, 0.4) is 0 Å². The first kappa shape index (κ1) is 33.4. The minimum absolute atomic E-state index is 0.141. The van der Waals surface area contributed by atoms with Crippen LogP contribution in [-0.2, 0) is 40.9 Å². The number of β-lactam (4-membered cyclic amide) rings is 1. The summed E-state index contributed by atoms with van der Waals surface area (Å²) in [7, 11) is 3.67. The van der Waals surface area contributed by atoms with Crippen LogP contribution in [0.2, 0.25) is 0 Å². The summed E-state index contributed by atoms with van der Waals surface area (Å²) in [5.41, 5.74) is 0.0106. The highest BCUT2D eigenvalue weighted by Crippen LogP contribution is 2.33. The minimum atomic E-state index is -2.27. The number of halogens is 1. The molecular weight excluding hydrogens is 604 g/mol. The van der Waals surface area contributed by atoms with Gasteiger partial charge in [-0.25, -0.2) is 9.59 Å². The molecule has 0 aromatic heterocycles. The molecule has 43 heavy (non-hydrogen) atoms. The average Bonchev–Trinajstić information content (AvgIpc) is 2.92. The molecule has 1 fully saturated rings. The molecule has 1 aliphatic heterocycles. The van der Waals surface area contributed by atoms with Crippen molar-refractivity contribution in [2.45, 2.75) is 63.4 Å². The Labute approximate surface area is 255 Å². The first-order valence-electron chi connectivity index (χ1n) is 12.9. The number of alkyl carbamates (subject to hydrolysis) is 1. The van der Waals surface area contributed by atoms with Crippen LogP contribution in [0.25, 0.3) is 0 Å². The summed E-state index contributed by atoms with van der Waals surface area (Å²) >= 11 is 0. The van der Waals surface area contributed by atoms with Crippen molar-refractivity contribution in [3.63, 3.8) is 0 Å². The zero-order chi connectivity index (χ0) is 32.1. The topological polar surface area (TPSA) is 180 Å². The second-order valence-corrected chi connectivity index (χ2v) is 12.5. The van der Waals surface area contributed by atoms with Crippen molar-refractivity contribution in [2.75, 3.05) is 0 Å². The van der Waals surface area contributed by atoms with Crippen LogP contribution in [0.15, 0.2) is 66.7 Å². The number of carbonyl (C=O) groups excluding carboxylic acids is 4. The summed E-state index contributed by atoms with van der Waals surface area (Å²) in [4.78, 5) is 63.5. The van der Waals surface area contributed by atoms with Crippen LogP contribution in [0.1, 0.15) is 44.9 Å². The summed E-state index contributed by atoms with van der Waals surface area (Å²) in [6, 6.07) is 9.43. The molecular formula is C28H31ClN4O9S. The summed E-state index contributed by atoms with van der Waals surface area (Å²) in [5.74, 6) is -2.50. The van der Waals surface area contributed by atoms with Gasteiger partial charge in [0.1, 0.15) is 18.2 Å². The molecule has 230 valence electrons. The molecule has 3 rings (SSSR count). The van der Waals surface area contributed by atoms with Crippen LogP contribution in [0.4, 0.5) is 10.5 Å². The highest BCUT2D eigenvalue weighted by Gasteiger charge is 2.60. The molecule has 0 spiro atoms. The van der Waals surface area contributed by atoms with E-state index in [1.165, 1.54) is 31.2 Å². The molecule has 1 heterocycles. The fourth-order valence-corrected chi connectivity index (χ4v) is 5.57. The largest absolute Gasteiger partial charge is 0.597 e. The Bertz CT molecular complexity index is 1380. The number of non-ortho nitro benzene ring substituents is 1. The number of nitro benzene ring substituents is 1. The van der Waals surface area contributed by atoms with E-state index < -0.39 is 68.3 Å². The lowest BCUT2D eigenvalue weighted by molar-refractivity contribution is -0.384. The lowest BCUT2D eigenvalue weighted by Gasteiger charge is -2.47. The predicted octanol–water partition coefficient (Wildman–Crippen LogP) is 3.40. The van der Waals surface area contributed by atoms with Gasteiger partial charge in [0.2, 0.25) is 11.3 Å². The number of nitrogens with one attached hydrogen (secondary N) is 2. The standard InChI is InChI=1S/C28H31ClN4O9S/c1-16(2)22(26(36)41-15-17-11-13-19(14-12-17)33(38)39)32-24(35)21(25(32)43(29)40)30-23(34)20(18-9-7-6-8-10-18)31-27(37)42-28(3,4)5/h6-14,20-22,25H,1,15H2,2-5H3,(H,30,34)(H,31,37). The van der Waals surface area contributed by atoms with E-state index >= 15 is 0 Å². The third-order valence-corrected chi connectivity index (χ3v) is 7.55. The van der Waals surface area contributed by atoms with Gasteiger partial charge in [-0.15, -0.1) is 0 Å². The van der Waals surface area contributed by atoms with Gasteiger partial charge in [-0.1, -0.05) is 36.9 Å². The van der Waals surface area contributed by atoms with Gasteiger partial charge in [0.15, 0.2) is 22.8 Å². The Kier molecular flexibility index (Phi) is 10.8. The van der Waals surface area contributed by atoms with Gasteiger partial charge in [-0.05, 0) is 56.5 Å². The van der Waals surface area contributed by atoms with Crippen molar-refractivity contribution < 1.29 is 38.1 Å². The first-order chi connectivity index (χ1) is 20.1. The summed E-state index contributed by atoms with van der Waals surface area (Å²) in [6.07, 6.45) is -0.881. The number of carbonyl (C=O) groups is 4. The van der Waals surface area contributed by atoms with Gasteiger partial charge in [0, 0.05) is 12.1 Å². The number of esters is 1. The zero-order valence-corrected chi connectivity index (χ0v) is 25.3. The fourth-order valence-electron chi connectivity index (χ4n) is 4.20.